The van der Waals surface area contributed by atoms with Crippen LogP contribution in [0.4, 0.5) is 0 Å². The largest absolute Gasteiger partial charge is 0.480 e. The van der Waals surface area contributed by atoms with Crippen molar-refractivity contribution in [1.82, 2.24) is 4.98 Å². The second-order valence-corrected chi connectivity index (χ2v) is 6.62. The van der Waals surface area contributed by atoms with E-state index in [1.807, 2.05) is 0 Å². The average Bonchev–Trinajstić information content (AvgIpc) is 3.44. The number of hydrogen-bond acceptors (Lipinski definition) is 8. The molecule has 2 aromatic carbocycles. The molecule has 0 fully saturated rings. The fourth-order valence-corrected chi connectivity index (χ4v) is 3.14. The Balaban J connectivity index is 1.66. The van der Waals surface area contributed by atoms with Crippen molar-refractivity contribution in [3.05, 3.63) is 42.3 Å². The zero-order chi connectivity index (χ0) is 19.3. The monoisotopic (exact) mass is 399 g/mol. The smallest absolute Gasteiger partial charge is 0.325 e. The number of aliphatic carboxylic acids is 1. The van der Waals surface area contributed by atoms with E-state index in [4.69, 9.17) is 23.4 Å². The van der Waals surface area contributed by atoms with Gasteiger partial charge in [0.1, 0.15) is 5.69 Å². The van der Waals surface area contributed by atoms with Gasteiger partial charge in [-0.05, 0) is 36.4 Å². The summed E-state index contributed by atoms with van der Waals surface area (Å²) < 4.78 is 27.4. The third-order valence-electron chi connectivity index (χ3n) is 4.39. The van der Waals surface area contributed by atoms with Gasteiger partial charge in [-0.3, -0.25) is 4.79 Å². The summed E-state index contributed by atoms with van der Waals surface area (Å²) in [5, 5.41) is 8.08. The van der Waals surface area contributed by atoms with Crippen LogP contribution in [0.2, 0.25) is 0 Å². The number of carboxylic acids is 1. The summed E-state index contributed by atoms with van der Waals surface area (Å²) in [7, 11) is 0. The number of carbonyl (C=O) groups is 1. The third kappa shape index (κ3) is 2.71. The number of benzene rings is 2. The van der Waals surface area contributed by atoms with Crippen molar-refractivity contribution in [2.45, 2.75) is 5.25 Å². The lowest BCUT2D eigenvalue weighted by molar-refractivity contribution is -0.136. The Morgan fingerprint density at radius 2 is 1.50 bits per heavy atom. The Morgan fingerprint density at radius 1 is 0.929 bits per heavy atom. The maximum absolute atomic E-state index is 11.4. The molecule has 0 amide bonds. The van der Waals surface area contributed by atoms with Crippen molar-refractivity contribution < 1.29 is 33.3 Å². The van der Waals surface area contributed by atoms with Gasteiger partial charge in [0.05, 0.1) is 0 Å². The number of ether oxygens (including phenoxy) is 4. The van der Waals surface area contributed by atoms with E-state index >= 15 is 0 Å². The summed E-state index contributed by atoms with van der Waals surface area (Å²) in [6.07, 6.45) is 0. The highest BCUT2D eigenvalue weighted by atomic mass is 32.1. The maximum atomic E-state index is 11.4. The highest BCUT2D eigenvalue weighted by molar-refractivity contribution is 7.81. The lowest BCUT2D eigenvalue weighted by atomic mass is 10.0. The first-order chi connectivity index (χ1) is 13.6. The van der Waals surface area contributed by atoms with Crippen LogP contribution >= 0.6 is 12.6 Å². The van der Waals surface area contributed by atoms with Crippen molar-refractivity contribution in [2.24, 2.45) is 0 Å². The van der Waals surface area contributed by atoms with E-state index in [-0.39, 0.29) is 19.5 Å². The molecule has 5 rings (SSSR count). The van der Waals surface area contributed by atoms with Gasteiger partial charge in [-0.1, -0.05) is 0 Å². The van der Waals surface area contributed by atoms with Gasteiger partial charge in [0.2, 0.25) is 19.5 Å². The van der Waals surface area contributed by atoms with Crippen LogP contribution in [0, 0.1) is 0 Å². The molecular formula is C19H13NO7S. The predicted molar refractivity (Wildman–Crippen MR) is 99.0 cm³/mol. The van der Waals surface area contributed by atoms with Crippen LogP contribution in [0.5, 0.6) is 23.0 Å². The molecule has 9 heteroatoms. The summed E-state index contributed by atoms with van der Waals surface area (Å²) >= 11 is 4.08. The molecule has 8 nitrogen and oxygen atoms in total. The standard InChI is InChI=1S/C19H13NO7S/c21-19(22)17(28)18-20-15(9-1-3-11-13(5-9)25-7-23-11)16(27-18)10-2-4-12-14(6-10)26-8-24-12/h1-6,17,28H,7-8H2,(H,21,22). The van der Waals surface area contributed by atoms with Crippen LogP contribution in [0.25, 0.3) is 22.6 Å². The molecule has 142 valence electrons. The van der Waals surface area contributed by atoms with Gasteiger partial charge in [0.15, 0.2) is 34.0 Å². The molecule has 3 heterocycles. The molecule has 3 aromatic rings. The zero-order valence-electron chi connectivity index (χ0n) is 14.2. The van der Waals surface area contributed by atoms with Gasteiger partial charge >= 0.3 is 5.97 Å². The summed E-state index contributed by atoms with van der Waals surface area (Å²) in [5.41, 5.74) is 1.83. The minimum atomic E-state index is -1.20. The normalized spacial score (nSPS) is 14.9. The second kappa shape index (κ2) is 6.38. The van der Waals surface area contributed by atoms with E-state index in [1.165, 1.54) is 0 Å². The molecule has 1 N–H and O–H groups in total. The molecule has 2 aliphatic heterocycles. The Hall–Kier alpha value is -3.33. The molecule has 0 aliphatic carbocycles. The van der Waals surface area contributed by atoms with Crippen molar-refractivity contribution >= 4 is 18.6 Å². The Bertz CT molecular complexity index is 1020. The average molecular weight is 399 g/mol. The topological polar surface area (TPSA) is 100 Å². The summed E-state index contributed by atoms with van der Waals surface area (Å²) in [6.45, 7) is 0.294. The van der Waals surface area contributed by atoms with Crippen molar-refractivity contribution in [1.29, 1.82) is 0 Å². The first kappa shape index (κ1) is 16.8. The number of aromatic nitrogens is 1. The molecule has 1 unspecified atom stereocenters. The van der Waals surface area contributed by atoms with Crippen LogP contribution in [-0.2, 0) is 4.79 Å². The number of carboxylic acid groups (broad SMARTS) is 1. The van der Waals surface area contributed by atoms with Crippen LogP contribution in [0.1, 0.15) is 11.1 Å². The molecule has 0 spiro atoms. The molecule has 28 heavy (non-hydrogen) atoms. The quantitative estimate of drug-likeness (QED) is 0.643. The second-order valence-electron chi connectivity index (χ2n) is 6.11. The van der Waals surface area contributed by atoms with Crippen LogP contribution in [0.3, 0.4) is 0 Å². The summed E-state index contributed by atoms with van der Waals surface area (Å²) in [6, 6.07) is 10.7. The SMILES string of the molecule is O=C(O)C(S)c1nc(-c2ccc3c(c2)OCO3)c(-c2ccc3c(c2)OCO3)o1. The van der Waals surface area contributed by atoms with Crippen LogP contribution in [-0.4, -0.2) is 29.6 Å². The van der Waals surface area contributed by atoms with Gasteiger partial charge in [0.25, 0.3) is 0 Å². The lowest BCUT2D eigenvalue weighted by Gasteiger charge is -2.04. The van der Waals surface area contributed by atoms with Gasteiger partial charge in [-0.25, -0.2) is 4.98 Å². The minimum absolute atomic E-state index is 0.0174. The Morgan fingerprint density at radius 3 is 2.14 bits per heavy atom. The molecule has 0 saturated heterocycles. The van der Waals surface area contributed by atoms with Gasteiger partial charge in [-0.15, -0.1) is 0 Å². The summed E-state index contributed by atoms with van der Waals surface area (Å²) in [5.74, 6) is 1.65. The van der Waals surface area contributed by atoms with E-state index < -0.39 is 11.2 Å². The predicted octanol–water partition coefficient (Wildman–Crippen LogP) is 3.52. The van der Waals surface area contributed by atoms with E-state index in [0.29, 0.717) is 45.6 Å². The number of rotatable bonds is 4. The van der Waals surface area contributed by atoms with Crippen LogP contribution in [0.15, 0.2) is 40.8 Å². The molecule has 0 radical (unpaired) electrons. The highest BCUT2D eigenvalue weighted by Gasteiger charge is 2.27. The number of thiol groups is 1. The third-order valence-corrected chi connectivity index (χ3v) is 4.83. The molecule has 0 bridgehead atoms. The van der Waals surface area contributed by atoms with Crippen molar-refractivity contribution in [2.75, 3.05) is 13.6 Å². The van der Waals surface area contributed by atoms with Gasteiger partial charge in [0, 0.05) is 11.1 Å². The van der Waals surface area contributed by atoms with E-state index in [1.54, 1.807) is 36.4 Å². The number of fused-ring (bicyclic) bond motifs is 2. The molecular weight excluding hydrogens is 386 g/mol. The van der Waals surface area contributed by atoms with Crippen molar-refractivity contribution in [3.8, 4) is 45.6 Å². The zero-order valence-corrected chi connectivity index (χ0v) is 15.1. The lowest BCUT2D eigenvalue weighted by Crippen LogP contribution is -2.05. The number of hydrogen-bond donors (Lipinski definition) is 2. The Labute approximate surface area is 164 Å². The fraction of sp³-hybridized carbons (Fsp3) is 0.158. The first-order valence-electron chi connectivity index (χ1n) is 8.32. The highest BCUT2D eigenvalue weighted by Crippen LogP contribution is 2.43. The molecule has 1 atom stereocenters. The fourth-order valence-electron chi connectivity index (χ4n) is 3.03. The number of nitrogens with zero attached hydrogens (tertiary/aromatic N) is 1. The first-order valence-corrected chi connectivity index (χ1v) is 8.83. The Kier molecular flexibility index (Phi) is 3.83. The number of oxazole rings is 1. The summed E-state index contributed by atoms with van der Waals surface area (Å²) in [4.78, 5) is 15.8. The van der Waals surface area contributed by atoms with Crippen LogP contribution < -0.4 is 18.9 Å². The van der Waals surface area contributed by atoms with E-state index in [9.17, 15) is 9.90 Å². The van der Waals surface area contributed by atoms with Gasteiger partial charge < -0.3 is 28.5 Å². The molecule has 1 aromatic heterocycles. The maximum Gasteiger partial charge on any atom is 0.325 e. The van der Waals surface area contributed by atoms with E-state index in [0.717, 1.165) is 0 Å². The van der Waals surface area contributed by atoms with Crippen molar-refractivity contribution in [3.63, 3.8) is 0 Å². The molecule has 2 aliphatic rings. The van der Waals surface area contributed by atoms with E-state index in [2.05, 4.69) is 17.6 Å². The minimum Gasteiger partial charge on any atom is -0.480 e. The van der Waals surface area contributed by atoms with Gasteiger partial charge in [-0.2, -0.15) is 12.6 Å². The molecule has 0 saturated carbocycles.